The first-order chi connectivity index (χ1) is 11.5. The number of aryl methyl sites for hydroxylation is 1. The molecule has 24 heavy (non-hydrogen) atoms. The highest BCUT2D eigenvalue weighted by molar-refractivity contribution is 5.57. The second-order valence-corrected chi connectivity index (χ2v) is 8.82. The van der Waals surface area contributed by atoms with Gasteiger partial charge in [0, 0.05) is 0 Å². The lowest BCUT2D eigenvalue weighted by molar-refractivity contribution is -0.0506. The molecular weight excluding hydrogens is 300 g/mol. The zero-order chi connectivity index (χ0) is 16.6. The molecule has 0 radical (unpaired) electrons. The van der Waals surface area contributed by atoms with E-state index in [-0.39, 0.29) is 5.41 Å². The van der Waals surface area contributed by atoms with Crippen LogP contribution in [-0.4, -0.2) is 29.5 Å². The Balaban J connectivity index is 1.57. The van der Waals surface area contributed by atoms with E-state index in [4.69, 9.17) is 4.74 Å². The fourth-order valence-corrected chi connectivity index (χ4v) is 6.67. The van der Waals surface area contributed by atoms with Gasteiger partial charge in [-0.05, 0) is 96.4 Å². The summed E-state index contributed by atoms with van der Waals surface area (Å²) in [6.07, 6.45) is 6.59. The topological polar surface area (TPSA) is 49.7 Å². The van der Waals surface area contributed by atoms with Gasteiger partial charge in [-0.15, -0.1) is 0 Å². The number of fused-ring (bicyclic) bond motifs is 7. The molecule has 6 atom stereocenters. The van der Waals surface area contributed by atoms with Gasteiger partial charge in [0.2, 0.25) is 0 Å². The van der Waals surface area contributed by atoms with Crippen molar-refractivity contribution in [1.29, 1.82) is 0 Å². The molecule has 0 aromatic heterocycles. The first-order valence-corrected chi connectivity index (χ1v) is 9.62. The number of benzene rings is 1. The van der Waals surface area contributed by atoms with Crippen molar-refractivity contribution in [2.45, 2.75) is 70.0 Å². The normalized spacial score (nSPS) is 42.4. The summed E-state index contributed by atoms with van der Waals surface area (Å²) in [5, 5.41) is 20.8. The van der Waals surface area contributed by atoms with Crippen LogP contribution in [-0.2, 0) is 19.3 Å². The molecule has 4 aliphatic carbocycles. The average molecular weight is 328 g/mol. The van der Waals surface area contributed by atoms with Crippen molar-refractivity contribution < 1.29 is 14.9 Å². The summed E-state index contributed by atoms with van der Waals surface area (Å²) in [5.41, 5.74) is 6.07. The molecule has 0 heterocycles. The molecule has 2 fully saturated rings. The van der Waals surface area contributed by atoms with Crippen LogP contribution in [0.25, 0.3) is 0 Å². The molecule has 1 aromatic carbocycles. The van der Waals surface area contributed by atoms with E-state index in [0.29, 0.717) is 17.8 Å². The smallest absolute Gasteiger partial charge is 0.122 e. The molecule has 0 spiro atoms. The Kier molecular flexibility index (Phi) is 3.16. The Bertz CT molecular complexity index is 697. The van der Waals surface area contributed by atoms with Crippen molar-refractivity contribution in [1.82, 2.24) is 0 Å². The molecule has 0 unspecified atom stereocenters. The number of aliphatic hydroxyl groups is 2. The molecule has 130 valence electrons. The first-order valence-electron chi connectivity index (χ1n) is 9.62. The summed E-state index contributed by atoms with van der Waals surface area (Å²) < 4.78 is 5.63. The van der Waals surface area contributed by atoms with Gasteiger partial charge < -0.3 is 14.9 Å². The van der Waals surface area contributed by atoms with E-state index in [1.54, 1.807) is 18.2 Å². The monoisotopic (exact) mass is 328 g/mol. The van der Waals surface area contributed by atoms with Crippen molar-refractivity contribution in [3.8, 4) is 5.75 Å². The Morgan fingerprint density at radius 3 is 2.62 bits per heavy atom. The summed E-state index contributed by atoms with van der Waals surface area (Å²) in [4.78, 5) is 0. The van der Waals surface area contributed by atoms with Gasteiger partial charge in [-0.1, -0.05) is 6.92 Å². The molecule has 0 aliphatic heterocycles. The number of hydrogen-bond acceptors (Lipinski definition) is 3. The standard InChI is InChI=1S/C21H28O3/c1-21-8-7-15-12(16(21)10-17(22)20(21)23)4-3-11-9-18(24-2)13-5-6-14(13)19(11)15/h9,12,15-17,20,22-23H,3-8,10H2,1-2H3/t12-,15+,16+,17-,20-,21+/m1/s1. The third-order valence-electron chi connectivity index (χ3n) is 8.01. The minimum Gasteiger partial charge on any atom is -0.496 e. The van der Waals surface area contributed by atoms with Gasteiger partial charge in [0.05, 0.1) is 19.3 Å². The minimum atomic E-state index is -0.538. The molecule has 2 saturated carbocycles. The van der Waals surface area contributed by atoms with Crippen LogP contribution in [0.15, 0.2) is 6.07 Å². The average Bonchev–Trinajstić information content (AvgIpc) is 2.78. The van der Waals surface area contributed by atoms with Crippen molar-refractivity contribution in [2.75, 3.05) is 7.11 Å². The van der Waals surface area contributed by atoms with E-state index >= 15 is 0 Å². The largest absolute Gasteiger partial charge is 0.496 e. The van der Waals surface area contributed by atoms with E-state index in [9.17, 15) is 10.2 Å². The summed E-state index contributed by atoms with van der Waals surface area (Å²) >= 11 is 0. The molecule has 3 nitrogen and oxygen atoms in total. The van der Waals surface area contributed by atoms with Crippen LogP contribution in [0.2, 0.25) is 0 Å². The Hall–Kier alpha value is -1.06. The van der Waals surface area contributed by atoms with E-state index in [1.165, 1.54) is 24.0 Å². The van der Waals surface area contributed by atoms with Crippen LogP contribution >= 0.6 is 0 Å². The zero-order valence-electron chi connectivity index (χ0n) is 14.7. The highest BCUT2D eigenvalue weighted by Gasteiger charge is 2.58. The maximum atomic E-state index is 10.5. The molecule has 5 rings (SSSR count). The highest BCUT2D eigenvalue weighted by atomic mass is 16.5. The molecule has 2 N–H and O–H groups in total. The third kappa shape index (κ3) is 1.75. The van der Waals surface area contributed by atoms with E-state index in [2.05, 4.69) is 13.0 Å². The lowest BCUT2D eigenvalue weighted by Crippen LogP contribution is -2.45. The van der Waals surface area contributed by atoms with Gasteiger partial charge in [-0.25, -0.2) is 0 Å². The Morgan fingerprint density at radius 2 is 1.92 bits per heavy atom. The van der Waals surface area contributed by atoms with Crippen molar-refractivity contribution in [2.24, 2.45) is 17.3 Å². The van der Waals surface area contributed by atoms with Crippen LogP contribution in [0.1, 0.15) is 60.8 Å². The fourth-order valence-electron chi connectivity index (χ4n) is 6.67. The number of methoxy groups -OCH3 is 1. The molecule has 0 amide bonds. The summed E-state index contributed by atoms with van der Waals surface area (Å²) in [5.74, 6) is 2.82. The minimum absolute atomic E-state index is 0.0856. The molecule has 0 saturated heterocycles. The molecule has 3 heteroatoms. The third-order valence-corrected chi connectivity index (χ3v) is 8.01. The second-order valence-electron chi connectivity index (χ2n) is 8.82. The maximum absolute atomic E-state index is 10.5. The second kappa shape index (κ2) is 4.98. The van der Waals surface area contributed by atoms with Crippen LogP contribution in [0.3, 0.4) is 0 Å². The maximum Gasteiger partial charge on any atom is 0.122 e. The fraction of sp³-hybridized carbons (Fsp3) is 0.714. The van der Waals surface area contributed by atoms with Gasteiger partial charge >= 0.3 is 0 Å². The van der Waals surface area contributed by atoms with Crippen LogP contribution in [0.5, 0.6) is 5.75 Å². The zero-order valence-corrected chi connectivity index (χ0v) is 14.7. The predicted octanol–water partition coefficient (Wildman–Crippen LogP) is 2.98. The van der Waals surface area contributed by atoms with Gasteiger partial charge in [0.25, 0.3) is 0 Å². The Labute approximate surface area is 144 Å². The van der Waals surface area contributed by atoms with Crippen LogP contribution < -0.4 is 4.74 Å². The van der Waals surface area contributed by atoms with E-state index in [0.717, 1.165) is 37.9 Å². The SMILES string of the molecule is COc1cc2c(c3c1CC3)[C@H]1CC[C@]3(C)[C@H](O)[C@H](O)C[C@H]3[C@@H]1CC2. The van der Waals surface area contributed by atoms with Gasteiger partial charge in [0.15, 0.2) is 0 Å². The lowest BCUT2D eigenvalue weighted by atomic mass is 9.54. The number of ether oxygens (including phenoxy) is 1. The first kappa shape index (κ1) is 15.2. The van der Waals surface area contributed by atoms with Gasteiger partial charge in [-0.2, -0.15) is 0 Å². The summed E-state index contributed by atoms with van der Waals surface area (Å²) in [7, 11) is 1.79. The summed E-state index contributed by atoms with van der Waals surface area (Å²) in [6.45, 7) is 2.22. The number of hydrogen-bond donors (Lipinski definition) is 2. The number of rotatable bonds is 1. The highest BCUT2D eigenvalue weighted by Crippen LogP contribution is 2.62. The van der Waals surface area contributed by atoms with Gasteiger partial charge in [-0.3, -0.25) is 0 Å². The Morgan fingerprint density at radius 1 is 1.12 bits per heavy atom. The van der Waals surface area contributed by atoms with Crippen LogP contribution in [0.4, 0.5) is 0 Å². The molecular formula is C21H28O3. The molecule has 4 aliphatic rings. The summed E-state index contributed by atoms with van der Waals surface area (Å²) in [6, 6.07) is 2.30. The molecule has 0 bridgehead atoms. The lowest BCUT2D eigenvalue weighted by Gasteiger charge is -2.51. The van der Waals surface area contributed by atoms with Gasteiger partial charge in [0.1, 0.15) is 5.75 Å². The quantitative estimate of drug-likeness (QED) is 0.833. The van der Waals surface area contributed by atoms with Crippen LogP contribution in [0, 0.1) is 17.3 Å². The van der Waals surface area contributed by atoms with Crippen molar-refractivity contribution in [3.05, 3.63) is 28.3 Å². The molecule has 1 aromatic rings. The van der Waals surface area contributed by atoms with Crippen molar-refractivity contribution in [3.63, 3.8) is 0 Å². The number of aliphatic hydroxyl groups excluding tert-OH is 2. The van der Waals surface area contributed by atoms with Crippen molar-refractivity contribution >= 4 is 0 Å². The predicted molar refractivity (Wildman–Crippen MR) is 92.4 cm³/mol. The van der Waals surface area contributed by atoms with E-state index in [1.807, 2.05) is 0 Å². The van der Waals surface area contributed by atoms with E-state index < -0.39 is 12.2 Å².